The van der Waals surface area contributed by atoms with Crippen LogP contribution in [0.2, 0.25) is 0 Å². The van der Waals surface area contributed by atoms with E-state index in [-0.39, 0.29) is 0 Å². The predicted octanol–water partition coefficient (Wildman–Crippen LogP) is 6.11. The van der Waals surface area contributed by atoms with Gasteiger partial charge in [0.1, 0.15) is 12.0 Å². The van der Waals surface area contributed by atoms with Crippen LogP contribution < -0.4 is 15.5 Å². The Bertz CT molecular complexity index is 851. The minimum Gasteiger partial charge on any atom is -0.382 e. The van der Waals surface area contributed by atoms with Crippen LogP contribution in [0.5, 0.6) is 0 Å². The number of allylic oxidation sites excluding steroid dienone is 4. The minimum atomic E-state index is 0.408. The van der Waals surface area contributed by atoms with E-state index in [4.69, 9.17) is 5.73 Å². The van der Waals surface area contributed by atoms with Gasteiger partial charge >= 0.3 is 0 Å². The number of nitrogens with zero attached hydrogens (tertiary/aromatic N) is 4. The van der Waals surface area contributed by atoms with Crippen molar-refractivity contribution in [2.45, 2.75) is 72.6 Å². The molecule has 31 heavy (non-hydrogen) atoms. The lowest BCUT2D eigenvalue weighted by molar-refractivity contribution is 0.180. The first-order chi connectivity index (χ1) is 14.7. The standard InChI is InChI=1S/C26H41N5/c1-19(12-13-22-21(3)11-8-15-26(22,4)5)9-7-10-20(2)14-16-31-18-30(6)25-23(31)24(27)28-17-29-25/h9,14,17,22H,3,7-8,10-13,15-16,18H2,1-2,4-6H3,(H2,27,28,29)/b19-9+,20-14+/t22-/m0/s1. The lowest BCUT2D eigenvalue weighted by Gasteiger charge is -2.40. The number of rotatable bonds is 8. The van der Waals surface area contributed by atoms with Gasteiger partial charge in [0.25, 0.3) is 0 Å². The van der Waals surface area contributed by atoms with Gasteiger partial charge in [-0.2, -0.15) is 0 Å². The van der Waals surface area contributed by atoms with Crippen molar-refractivity contribution in [2.24, 2.45) is 11.3 Å². The summed E-state index contributed by atoms with van der Waals surface area (Å²) in [5, 5.41) is 0. The molecule has 0 bridgehead atoms. The number of hydrogen-bond donors (Lipinski definition) is 1. The Morgan fingerprint density at radius 1 is 1.23 bits per heavy atom. The van der Waals surface area contributed by atoms with Crippen molar-refractivity contribution in [3.63, 3.8) is 0 Å². The first-order valence-corrected chi connectivity index (χ1v) is 11.7. The van der Waals surface area contributed by atoms with E-state index >= 15 is 0 Å². The molecule has 2 heterocycles. The van der Waals surface area contributed by atoms with Crippen molar-refractivity contribution in [3.8, 4) is 0 Å². The molecule has 0 spiro atoms. The second kappa shape index (κ2) is 9.88. The number of nitrogen functional groups attached to an aromatic ring is 1. The van der Waals surface area contributed by atoms with Gasteiger partial charge in [0, 0.05) is 13.6 Å². The Balaban J connectivity index is 1.46. The van der Waals surface area contributed by atoms with Crippen LogP contribution in [-0.4, -0.2) is 30.2 Å². The third kappa shape index (κ3) is 5.69. The molecule has 0 amide bonds. The van der Waals surface area contributed by atoms with E-state index in [0.717, 1.165) is 37.6 Å². The van der Waals surface area contributed by atoms with Crippen LogP contribution in [-0.2, 0) is 0 Å². The Labute approximate surface area is 189 Å². The van der Waals surface area contributed by atoms with Crippen molar-refractivity contribution < 1.29 is 0 Å². The van der Waals surface area contributed by atoms with Crippen molar-refractivity contribution in [1.82, 2.24) is 9.97 Å². The van der Waals surface area contributed by atoms with E-state index < -0.39 is 0 Å². The molecular weight excluding hydrogens is 382 g/mol. The molecule has 1 aliphatic carbocycles. The van der Waals surface area contributed by atoms with Crippen molar-refractivity contribution in [3.05, 3.63) is 41.8 Å². The highest BCUT2D eigenvalue weighted by Crippen LogP contribution is 2.45. The molecule has 0 aromatic carbocycles. The van der Waals surface area contributed by atoms with E-state index in [0.29, 0.717) is 17.2 Å². The van der Waals surface area contributed by atoms with E-state index in [1.165, 1.54) is 55.2 Å². The highest BCUT2D eigenvalue weighted by Gasteiger charge is 2.33. The monoisotopic (exact) mass is 423 g/mol. The van der Waals surface area contributed by atoms with Gasteiger partial charge in [-0.1, -0.05) is 49.3 Å². The maximum absolute atomic E-state index is 6.10. The SMILES string of the molecule is C=C1CCCC(C)(C)[C@H]1CC/C(C)=C/CC/C(C)=C/CN1CN(C)c2ncnc(N)c21. The van der Waals surface area contributed by atoms with Crippen molar-refractivity contribution >= 4 is 17.3 Å². The largest absolute Gasteiger partial charge is 0.382 e. The van der Waals surface area contributed by atoms with Crippen LogP contribution in [0.4, 0.5) is 17.3 Å². The summed E-state index contributed by atoms with van der Waals surface area (Å²) < 4.78 is 0. The lowest BCUT2D eigenvalue weighted by Crippen LogP contribution is -2.29. The average Bonchev–Trinajstić information content (AvgIpc) is 3.02. The fraction of sp³-hybridized carbons (Fsp3) is 0.615. The molecule has 0 unspecified atom stereocenters. The molecular formula is C26H41N5. The molecule has 0 radical (unpaired) electrons. The van der Waals surface area contributed by atoms with Crippen LogP contribution in [0, 0.1) is 11.3 Å². The molecule has 1 fully saturated rings. The molecule has 2 N–H and O–H groups in total. The van der Waals surface area contributed by atoms with Crippen LogP contribution in [0.3, 0.4) is 0 Å². The highest BCUT2D eigenvalue weighted by atomic mass is 15.4. The normalized spacial score (nSPS) is 21.6. The van der Waals surface area contributed by atoms with Gasteiger partial charge in [-0.05, 0) is 70.1 Å². The fourth-order valence-electron chi connectivity index (χ4n) is 5.16. The van der Waals surface area contributed by atoms with Crippen LogP contribution >= 0.6 is 0 Å². The Kier molecular flexibility index (Phi) is 7.45. The molecule has 1 saturated carbocycles. The summed E-state index contributed by atoms with van der Waals surface area (Å²) in [6.45, 7) is 15.4. The first kappa shape index (κ1) is 23.4. The van der Waals surface area contributed by atoms with E-state index in [2.05, 4.69) is 66.2 Å². The second-order valence-corrected chi connectivity index (χ2v) is 10.2. The average molecular weight is 424 g/mol. The number of hydrogen-bond acceptors (Lipinski definition) is 5. The molecule has 1 aromatic heterocycles. The topological polar surface area (TPSA) is 58.3 Å². The third-order valence-corrected chi connectivity index (χ3v) is 7.17. The molecule has 1 aromatic rings. The Hall–Kier alpha value is -2.30. The van der Waals surface area contributed by atoms with Gasteiger partial charge in [-0.15, -0.1) is 0 Å². The molecule has 2 aliphatic rings. The van der Waals surface area contributed by atoms with E-state index in [9.17, 15) is 0 Å². The molecule has 5 heteroatoms. The van der Waals surface area contributed by atoms with Crippen molar-refractivity contribution in [1.29, 1.82) is 0 Å². The van der Waals surface area contributed by atoms with Gasteiger partial charge in [-0.25, -0.2) is 9.97 Å². The lowest BCUT2D eigenvalue weighted by atomic mass is 9.65. The number of fused-ring (bicyclic) bond motifs is 1. The zero-order valence-corrected chi connectivity index (χ0v) is 20.2. The van der Waals surface area contributed by atoms with Crippen molar-refractivity contribution in [2.75, 3.05) is 35.8 Å². The Morgan fingerprint density at radius 2 is 1.97 bits per heavy atom. The summed E-state index contributed by atoms with van der Waals surface area (Å²) in [6, 6.07) is 0. The Morgan fingerprint density at radius 3 is 2.71 bits per heavy atom. The summed E-state index contributed by atoms with van der Waals surface area (Å²) in [6.07, 6.45) is 14.8. The maximum Gasteiger partial charge on any atom is 0.159 e. The molecule has 0 saturated heterocycles. The number of nitrogens with two attached hydrogens (primary N) is 1. The third-order valence-electron chi connectivity index (χ3n) is 7.17. The predicted molar refractivity (Wildman–Crippen MR) is 133 cm³/mol. The first-order valence-electron chi connectivity index (χ1n) is 11.7. The zero-order chi connectivity index (χ0) is 22.6. The van der Waals surface area contributed by atoms with Gasteiger partial charge < -0.3 is 15.5 Å². The van der Waals surface area contributed by atoms with Gasteiger partial charge in [0.2, 0.25) is 0 Å². The van der Waals surface area contributed by atoms with Crippen LogP contribution in [0.15, 0.2) is 41.8 Å². The molecule has 1 aliphatic heterocycles. The summed E-state index contributed by atoms with van der Waals surface area (Å²) in [5.41, 5.74) is 11.9. The smallest absolute Gasteiger partial charge is 0.159 e. The summed E-state index contributed by atoms with van der Waals surface area (Å²) >= 11 is 0. The number of anilines is 3. The number of aromatic nitrogens is 2. The molecule has 170 valence electrons. The zero-order valence-electron chi connectivity index (χ0n) is 20.2. The van der Waals surface area contributed by atoms with E-state index in [1.54, 1.807) is 0 Å². The summed E-state index contributed by atoms with van der Waals surface area (Å²) in [5.74, 6) is 2.15. The highest BCUT2D eigenvalue weighted by molar-refractivity contribution is 5.81. The fourth-order valence-corrected chi connectivity index (χ4v) is 5.16. The van der Waals surface area contributed by atoms with Crippen LogP contribution in [0.25, 0.3) is 0 Å². The summed E-state index contributed by atoms with van der Waals surface area (Å²) in [4.78, 5) is 12.9. The summed E-state index contributed by atoms with van der Waals surface area (Å²) in [7, 11) is 2.04. The second-order valence-electron chi connectivity index (χ2n) is 10.2. The molecule has 1 atom stereocenters. The molecule has 3 rings (SSSR count). The molecule has 5 nitrogen and oxygen atoms in total. The minimum absolute atomic E-state index is 0.408. The van der Waals surface area contributed by atoms with Gasteiger partial charge in [0.05, 0.1) is 6.67 Å². The van der Waals surface area contributed by atoms with Gasteiger partial charge in [0.15, 0.2) is 11.6 Å². The quantitative estimate of drug-likeness (QED) is 0.511. The van der Waals surface area contributed by atoms with Gasteiger partial charge in [-0.3, -0.25) is 0 Å². The van der Waals surface area contributed by atoms with Crippen LogP contribution in [0.1, 0.15) is 72.6 Å². The maximum atomic E-state index is 6.10. The van der Waals surface area contributed by atoms with E-state index in [1.807, 2.05) is 7.05 Å².